The Labute approximate surface area is 120 Å². The quantitative estimate of drug-likeness (QED) is 0.850. The van der Waals surface area contributed by atoms with Gasteiger partial charge in [0.25, 0.3) is 0 Å². The summed E-state index contributed by atoms with van der Waals surface area (Å²) >= 11 is 0. The monoisotopic (exact) mass is 280 g/mol. The zero-order valence-electron chi connectivity index (χ0n) is 12.7. The maximum Gasteiger partial charge on any atom is 0.496 e. The van der Waals surface area contributed by atoms with Gasteiger partial charge in [0, 0.05) is 23.6 Å². The smallest absolute Gasteiger partial charge is 0.399 e. The van der Waals surface area contributed by atoms with Crippen molar-refractivity contribution in [2.45, 2.75) is 58.3 Å². The third-order valence-electron chi connectivity index (χ3n) is 3.99. The Morgan fingerprint density at radius 2 is 1.85 bits per heavy atom. The van der Waals surface area contributed by atoms with E-state index in [1.54, 1.807) is 0 Å². The van der Waals surface area contributed by atoms with Gasteiger partial charge in [-0.05, 0) is 40.7 Å². The SMILES string of the molecule is CC(N)Cc1ncc(F)cc1B1OC(C)(C)C(C)(C)O1. The van der Waals surface area contributed by atoms with Crippen molar-refractivity contribution in [3.63, 3.8) is 0 Å². The maximum atomic E-state index is 13.5. The third-order valence-corrected chi connectivity index (χ3v) is 3.99. The summed E-state index contributed by atoms with van der Waals surface area (Å²) in [6.07, 6.45) is 1.76. The summed E-state index contributed by atoms with van der Waals surface area (Å²) in [4.78, 5) is 4.14. The lowest BCUT2D eigenvalue weighted by molar-refractivity contribution is 0.00578. The molecule has 1 aromatic rings. The lowest BCUT2D eigenvalue weighted by atomic mass is 9.76. The highest BCUT2D eigenvalue weighted by Crippen LogP contribution is 2.36. The van der Waals surface area contributed by atoms with Crippen LogP contribution in [0.3, 0.4) is 0 Å². The van der Waals surface area contributed by atoms with E-state index >= 15 is 0 Å². The number of rotatable bonds is 3. The fourth-order valence-corrected chi connectivity index (χ4v) is 2.13. The van der Waals surface area contributed by atoms with Crippen LogP contribution < -0.4 is 11.2 Å². The molecule has 4 nitrogen and oxygen atoms in total. The molecule has 1 unspecified atom stereocenters. The Hall–Kier alpha value is -0.975. The molecule has 0 bridgehead atoms. The molecule has 1 fully saturated rings. The van der Waals surface area contributed by atoms with E-state index in [1.807, 2.05) is 34.6 Å². The minimum Gasteiger partial charge on any atom is -0.399 e. The first-order valence-electron chi connectivity index (χ1n) is 6.88. The highest BCUT2D eigenvalue weighted by Gasteiger charge is 2.52. The van der Waals surface area contributed by atoms with E-state index in [0.717, 1.165) is 5.69 Å². The van der Waals surface area contributed by atoms with Crippen LogP contribution in [0.15, 0.2) is 12.3 Å². The zero-order valence-corrected chi connectivity index (χ0v) is 12.7. The predicted octanol–water partition coefficient (Wildman–Crippen LogP) is 1.41. The standard InChI is InChI=1S/C14H22BFN2O2/c1-9(17)6-12-11(7-10(16)8-18-12)15-19-13(2,3)14(4,5)20-15/h7-9H,6,17H2,1-5H3. The van der Waals surface area contributed by atoms with E-state index in [4.69, 9.17) is 15.0 Å². The highest BCUT2D eigenvalue weighted by atomic mass is 19.1. The van der Waals surface area contributed by atoms with Crippen molar-refractivity contribution in [2.24, 2.45) is 5.73 Å². The number of pyridine rings is 1. The number of hydrogen-bond donors (Lipinski definition) is 1. The molecule has 0 radical (unpaired) electrons. The van der Waals surface area contributed by atoms with Gasteiger partial charge in [-0.25, -0.2) is 4.39 Å². The molecule has 6 heteroatoms. The van der Waals surface area contributed by atoms with Crippen LogP contribution in [0.4, 0.5) is 4.39 Å². The summed E-state index contributed by atoms with van der Waals surface area (Å²) in [6.45, 7) is 9.74. The van der Waals surface area contributed by atoms with E-state index < -0.39 is 24.1 Å². The Morgan fingerprint density at radius 3 is 2.35 bits per heavy atom. The van der Waals surface area contributed by atoms with Crippen molar-refractivity contribution < 1.29 is 13.7 Å². The van der Waals surface area contributed by atoms with Gasteiger partial charge in [0.2, 0.25) is 0 Å². The van der Waals surface area contributed by atoms with Crippen LogP contribution in [0, 0.1) is 5.82 Å². The number of hydrogen-bond acceptors (Lipinski definition) is 4. The molecule has 20 heavy (non-hydrogen) atoms. The Kier molecular flexibility index (Phi) is 3.93. The summed E-state index contributed by atoms with van der Waals surface area (Å²) in [6, 6.07) is 1.36. The summed E-state index contributed by atoms with van der Waals surface area (Å²) in [5, 5.41) is 0. The van der Waals surface area contributed by atoms with Crippen molar-refractivity contribution >= 4 is 12.6 Å². The fraction of sp³-hybridized carbons (Fsp3) is 0.643. The minimum absolute atomic E-state index is 0.0610. The summed E-state index contributed by atoms with van der Waals surface area (Å²) in [7, 11) is -0.614. The van der Waals surface area contributed by atoms with Gasteiger partial charge in [0.1, 0.15) is 5.82 Å². The molecular formula is C14H22BFN2O2. The molecule has 1 aliphatic rings. The van der Waals surface area contributed by atoms with E-state index in [9.17, 15) is 4.39 Å². The Balaban J connectivity index is 2.36. The molecular weight excluding hydrogens is 258 g/mol. The molecule has 2 rings (SSSR count). The van der Waals surface area contributed by atoms with Gasteiger partial charge in [-0.1, -0.05) is 0 Å². The average Bonchev–Trinajstić information content (AvgIpc) is 2.50. The molecule has 0 aromatic carbocycles. The molecule has 0 saturated carbocycles. The number of nitrogens with zero attached hydrogens (tertiary/aromatic N) is 1. The fourth-order valence-electron chi connectivity index (χ4n) is 2.13. The van der Waals surface area contributed by atoms with Crippen LogP contribution in [0.1, 0.15) is 40.3 Å². The second kappa shape index (κ2) is 5.09. The highest BCUT2D eigenvalue weighted by molar-refractivity contribution is 6.62. The molecule has 0 aliphatic carbocycles. The molecule has 1 saturated heterocycles. The molecule has 2 heterocycles. The molecule has 2 N–H and O–H groups in total. The van der Waals surface area contributed by atoms with Crippen LogP contribution in [0.5, 0.6) is 0 Å². The molecule has 110 valence electrons. The first kappa shape index (κ1) is 15.4. The van der Waals surface area contributed by atoms with Gasteiger partial charge in [0.15, 0.2) is 0 Å². The Bertz CT molecular complexity index is 490. The van der Waals surface area contributed by atoms with Gasteiger partial charge in [0.05, 0.1) is 17.4 Å². The Morgan fingerprint density at radius 1 is 1.30 bits per heavy atom. The van der Waals surface area contributed by atoms with Gasteiger partial charge in [-0.2, -0.15) is 0 Å². The number of halogens is 1. The molecule has 1 aliphatic heterocycles. The first-order valence-corrected chi connectivity index (χ1v) is 6.88. The van der Waals surface area contributed by atoms with Crippen molar-refractivity contribution in [1.82, 2.24) is 4.98 Å². The molecule has 0 amide bonds. The largest absolute Gasteiger partial charge is 0.496 e. The van der Waals surface area contributed by atoms with Crippen LogP contribution in [-0.2, 0) is 15.7 Å². The maximum absolute atomic E-state index is 13.5. The number of aromatic nitrogens is 1. The van der Waals surface area contributed by atoms with Crippen molar-refractivity contribution in [2.75, 3.05) is 0 Å². The second-order valence-electron chi connectivity index (χ2n) is 6.46. The lowest BCUT2D eigenvalue weighted by Gasteiger charge is -2.32. The van der Waals surface area contributed by atoms with Gasteiger partial charge >= 0.3 is 7.12 Å². The van der Waals surface area contributed by atoms with Gasteiger partial charge in [-0.3, -0.25) is 4.98 Å². The minimum atomic E-state index is -0.614. The van der Waals surface area contributed by atoms with E-state index in [0.29, 0.717) is 11.9 Å². The van der Waals surface area contributed by atoms with E-state index in [-0.39, 0.29) is 6.04 Å². The zero-order chi connectivity index (χ0) is 15.1. The first-order chi connectivity index (χ1) is 9.12. The predicted molar refractivity (Wildman–Crippen MR) is 77.3 cm³/mol. The van der Waals surface area contributed by atoms with E-state index in [1.165, 1.54) is 12.3 Å². The normalized spacial score (nSPS) is 22.1. The molecule has 1 atom stereocenters. The van der Waals surface area contributed by atoms with Gasteiger partial charge < -0.3 is 15.0 Å². The summed E-state index contributed by atoms with van der Waals surface area (Å²) < 4.78 is 25.4. The lowest BCUT2D eigenvalue weighted by Crippen LogP contribution is -2.41. The summed E-state index contributed by atoms with van der Waals surface area (Å²) in [5.41, 5.74) is 6.24. The summed E-state index contributed by atoms with van der Waals surface area (Å²) in [5.74, 6) is -0.400. The molecule has 0 spiro atoms. The van der Waals surface area contributed by atoms with E-state index in [2.05, 4.69) is 4.98 Å². The third kappa shape index (κ3) is 2.87. The van der Waals surface area contributed by atoms with Crippen molar-refractivity contribution in [1.29, 1.82) is 0 Å². The van der Waals surface area contributed by atoms with Crippen LogP contribution in [0.25, 0.3) is 0 Å². The van der Waals surface area contributed by atoms with Gasteiger partial charge in [-0.15, -0.1) is 0 Å². The van der Waals surface area contributed by atoms with Crippen molar-refractivity contribution in [3.8, 4) is 0 Å². The number of nitrogens with two attached hydrogens (primary N) is 1. The molecule has 1 aromatic heterocycles. The van der Waals surface area contributed by atoms with Crippen LogP contribution in [-0.4, -0.2) is 29.3 Å². The van der Waals surface area contributed by atoms with Crippen molar-refractivity contribution in [3.05, 3.63) is 23.8 Å². The van der Waals surface area contributed by atoms with Crippen LogP contribution in [0.2, 0.25) is 0 Å². The topological polar surface area (TPSA) is 57.4 Å². The van der Waals surface area contributed by atoms with Crippen LogP contribution >= 0.6 is 0 Å². The average molecular weight is 280 g/mol. The second-order valence-corrected chi connectivity index (χ2v) is 6.46.